The first-order valence-corrected chi connectivity index (χ1v) is 7.98. The van der Waals surface area contributed by atoms with Crippen molar-refractivity contribution < 1.29 is 27.3 Å². The molecule has 1 saturated heterocycles. The summed E-state index contributed by atoms with van der Waals surface area (Å²) in [4.78, 5) is 0. The normalized spacial score (nSPS) is 33.6. The third kappa shape index (κ3) is 2.07. The third-order valence-corrected chi connectivity index (χ3v) is 4.90. The van der Waals surface area contributed by atoms with Crippen LogP contribution in [0.5, 0.6) is 0 Å². The summed E-state index contributed by atoms with van der Waals surface area (Å²) in [6, 6.07) is 10.8. The molecule has 2 fully saturated rings. The van der Waals surface area contributed by atoms with Gasteiger partial charge in [0.15, 0.2) is 0 Å². The van der Waals surface area contributed by atoms with E-state index in [9.17, 15) is 0 Å². The molecule has 0 N–H and O–H groups in total. The molecular weight excluding hydrogens is 325 g/mol. The summed E-state index contributed by atoms with van der Waals surface area (Å²) in [5.41, 5.74) is 1.38. The molecule has 1 aromatic carbocycles. The quantitative estimate of drug-likeness (QED) is 0.780. The van der Waals surface area contributed by atoms with Crippen molar-refractivity contribution in [3.63, 3.8) is 0 Å². The van der Waals surface area contributed by atoms with Crippen molar-refractivity contribution in [1.82, 2.24) is 0 Å². The molecule has 1 aliphatic carbocycles. The Morgan fingerprint density at radius 1 is 1.26 bits per heavy atom. The van der Waals surface area contributed by atoms with Crippen LogP contribution in [-0.2, 0) is 32.7 Å². The van der Waals surface area contributed by atoms with Crippen LogP contribution < -0.4 is 0 Å². The van der Waals surface area contributed by atoms with Gasteiger partial charge in [0.05, 0.1) is 0 Å². The van der Waals surface area contributed by atoms with Crippen LogP contribution in [0.15, 0.2) is 30.3 Å². The van der Waals surface area contributed by atoms with Crippen LogP contribution in [0.4, 0.5) is 0 Å². The molecule has 103 valence electrons. The van der Waals surface area contributed by atoms with Gasteiger partial charge in [0.2, 0.25) is 0 Å². The molecule has 2 atom stereocenters. The zero-order chi connectivity index (χ0) is 13.3. The van der Waals surface area contributed by atoms with Crippen molar-refractivity contribution in [2.75, 3.05) is 6.61 Å². The first-order chi connectivity index (χ1) is 9.22. The van der Waals surface area contributed by atoms with Crippen LogP contribution >= 0.6 is 0 Å². The Kier molecular flexibility index (Phi) is 3.72. The topological polar surface area (TPSA) is 18.5 Å². The molecule has 0 aromatic heterocycles. The zero-order valence-corrected chi connectivity index (χ0v) is 13.0. The minimum atomic E-state index is -0.426. The zero-order valence-electron chi connectivity index (χ0n) is 11.3. The number of hydrogen-bond acceptors (Lipinski definition) is 2. The molecule has 2 aliphatic rings. The Morgan fingerprint density at radius 2 is 2.05 bits per heavy atom. The van der Waals surface area contributed by atoms with Crippen molar-refractivity contribution >= 4 is 4.29 Å². The molecule has 0 amide bonds. The van der Waals surface area contributed by atoms with E-state index in [0.29, 0.717) is 0 Å². The number of ether oxygens (including phenoxy) is 2. The van der Waals surface area contributed by atoms with Crippen LogP contribution in [0, 0.1) is 0 Å². The van der Waals surface area contributed by atoms with Gasteiger partial charge in [-0.15, -0.1) is 0 Å². The van der Waals surface area contributed by atoms with E-state index in [-0.39, 0.29) is 5.41 Å². The molecule has 0 radical (unpaired) electrons. The second-order valence-corrected chi connectivity index (χ2v) is 6.49. The van der Waals surface area contributed by atoms with Crippen LogP contribution in [0.1, 0.15) is 44.6 Å². The summed E-state index contributed by atoms with van der Waals surface area (Å²) in [7, 11) is 0. The molecule has 0 bridgehead atoms. The second-order valence-electron chi connectivity index (χ2n) is 5.52. The fourth-order valence-electron chi connectivity index (χ4n) is 3.60. The van der Waals surface area contributed by atoms with Crippen molar-refractivity contribution in [3.8, 4) is 0 Å². The van der Waals surface area contributed by atoms with E-state index in [4.69, 9.17) is 9.47 Å². The maximum absolute atomic E-state index is 6.24. The summed E-state index contributed by atoms with van der Waals surface area (Å²) >= 11 is 2.65. The Balaban J connectivity index is 2.03. The molecule has 2 nitrogen and oxygen atoms in total. The Labute approximate surface area is 124 Å². The van der Waals surface area contributed by atoms with E-state index < -0.39 is 5.79 Å². The van der Waals surface area contributed by atoms with E-state index in [1.54, 1.807) is 0 Å². The molecule has 1 aliphatic heterocycles. The molecule has 3 heteroatoms. The summed E-state index contributed by atoms with van der Waals surface area (Å²) in [5, 5.41) is 0. The average Bonchev–Trinajstić information content (AvgIpc) is 2.89. The molecule has 19 heavy (non-hydrogen) atoms. The Morgan fingerprint density at radius 3 is 2.79 bits per heavy atom. The monoisotopic (exact) mass is 346 g/mol. The SMILES string of the molecule is CCCO[C@]12CCC[C@@]1(c1ccccc1)C[C](=[Ru+])O2. The predicted octanol–water partition coefficient (Wildman–Crippen LogP) is 3.33. The van der Waals surface area contributed by atoms with Gasteiger partial charge >= 0.3 is 124 Å². The van der Waals surface area contributed by atoms with Gasteiger partial charge in [-0.2, -0.15) is 0 Å². The minimum absolute atomic E-state index is 0.0177. The van der Waals surface area contributed by atoms with E-state index in [0.717, 1.165) is 36.6 Å². The number of fused-ring (bicyclic) bond motifs is 1. The Bertz CT molecular complexity index is 473. The maximum atomic E-state index is 6.24. The first-order valence-electron chi connectivity index (χ1n) is 7.11. The van der Waals surface area contributed by atoms with Gasteiger partial charge in [-0.1, -0.05) is 0 Å². The first kappa shape index (κ1) is 13.6. The average molecular weight is 345 g/mol. The van der Waals surface area contributed by atoms with Crippen molar-refractivity contribution in [3.05, 3.63) is 35.9 Å². The number of benzene rings is 1. The molecule has 1 aromatic rings. The van der Waals surface area contributed by atoms with Crippen LogP contribution in [0.3, 0.4) is 0 Å². The van der Waals surface area contributed by atoms with E-state index in [2.05, 4.69) is 55.1 Å². The molecule has 0 spiro atoms. The summed E-state index contributed by atoms with van der Waals surface area (Å²) in [5.74, 6) is -0.426. The summed E-state index contributed by atoms with van der Waals surface area (Å²) in [6.07, 6.45) is 5.33. The van der Waals surface area contributed by atoms with Gasteiger partial charge in [-0.3, -0.25) is 0 Å². The standard InChI is InChI=1S/C16H20O2.Ru/c1-2-12-17-16-10-6-9-15(16,11-13-18-16)14-7-4-3-5-8-14;/h3-5,7-8H,2,6,9-12H2,1H3;/q;+1/t15-,16-;/m0./s1. The van der Waals surface area contributed by atoms with Gasteiger partial charge < -0.3 is 0 Å². The van der Waals surface area contributed by atoms with Crippen molar-refractivity contribution in [1.29, 1.82) is 0 Å². The second kappa shape index (κ2) is 5.20. The van der Waals surface area contributed by atoms with Gasteiger partial charge in [0.25, 0.3) is 0 Å². The molecular formula is C16H20O2Ru+. The molecule has 0 unspecified atom stereocenters. The van der Waals surface area contributed by atoms with E-state index in [1.165, 1.54) is 12.0 Å². The van der Waals surface area contributed by atoms with E-state index in [1.807, 2.05) is 0 Å². The fraction of sp³-hybridized carbons (Fsp3) is 0.562. The van der Waals surface area contributed by atoms with Crippen LogP contribution in [0.25, 0.3) is 0 Å². The summed E-state index contributed by atoms with van der Waals surface area (Å²) < 4.78 is 13.5. The van der Waals surface area contributed by atoms with Crippen molar-refractivity contribution in [2.45, 2.75) is 50.2 Å². The van der Waals surface area contributed by atoms with Gasteiger partial charge in [0, 0.05) is 0 Å². The number of hydrogen-bond donors (Lipinski definition) is 0. The summed E-state index contributed by atoms with van der Waals surface area (Å²) in [6.45, 7) is 2.92. The van der Waals surface area contributed by atoms with Crippen LogP contribution in [0.2, 0.25) is 0 Å². The molecule has 1 heterocycles. The molecule has 1 saturated carbocycles. The van der Waals surface area contributed by atoms with Gasteiger partial charge in [-0.05, 0) is 0 Å². The number of rotatable bonds is 4. The Hall–Kier alpha value is -0.367. The third-order valence-electron chi connectivity index (χ3n) is 4.41. The van der Waals surface area contributed by atoms with Crippen molar-refractivity contribution in [2.24, 2.45) is 0 Å². The van der Waals surface area contributed by atoms with Gasteiger partial charge in [0.1, 0.15) is 0 Å². The van der Waals surface area contributed by atoms with Crippen LogP contribution in [-0.4, -0.2) is 16.7 Å². The fourth-order valence-corrected chi connectivity index (χ4v) is 4.41. The molecule has 3 rings (SSSR count). The van der Waals surface area contributed by atoms with E-state index >= 15 is 0 Å². The predicted molar refractivity (Wildman–Crippen MR) is 71.7 cm³/mol. The van der Waals surface area contributed by atoms with Gasteiger partial charge in [-0.25, -0.2) is 0 Å².